The molecule has 19 heavy (non-hydrogen) atoms. The Balaban J connectivity index is 0. The van der Waals surface area contributed by atoms with Gasteiger partial charge in [0.15, 0.2) is 0 Å². The molecule has 1 atom stereocenters. The minimum atomic E-state index is 0.256. The zero-order valence-electron chi connectivity index (χ0n) is 13.8. The lowest BCUT2D eigenvalue weighted by atomic mass is 10.3. The van der Waals surface area contributed by atoms with Crippen LogP contribution in [0.15, 0.2) is 24.3 Å². The predicted octanol–water partition coefficient (Wildman–Crippen LogP) is 5.71. The molecule has 0 aliphatic heterocycles. The van der Waals surface area contributed by atoms with Gasteiger partial charge in [-0.1, -0.05) is 47.6 Å². The Labute approximate surface area is 120 Å². The van der Waals surface area contributed by atoms with E-state index in [0.29, 0.717) is 0 Å². The molecule has 0 spiro atoms. The second-order valence-corrected chi connectivity index (χ2v) is 3.66. The highest BCUT2D eigenvalue weighted by molar-refractivity contribution is 5.33. The molecule has 0 N–H and O–H groups in total. The maximum Gasteiger partial charge on any atom is 0.123 e. The molecule has 0 amide bonds. The van der Waals surface area contributed by atoms with Crippen molar-refractivity contribution in [3.8, 4) is 11.5 Å². The van der Waals surface area contributed by atoms with E-state index in [-0.39, 0.29) is 6.10 Å². The van der Waals surface area contributed by atoms with E-state index in [1.54, 1.807) is 0 Å². The minimum Gasteiger partial charge on any atom is -0.493 e. The highest BCUT2D eigenvalue weighted by atomic mass is 16.5. The molecule has 112 valence electrons. The van der Waals surface area contributed by atoms with Gasteiger partial charge in [-0.3, -0.25) is 0 Å². The van der Waals surface area contributed by atoms with E-state index in [4.69, 9.17) is 9.47 Å². The average molecular weight is 268 g/mol. The van der Waals surface area contributed by atoms with E-state index in [0.717, 1.165) is 30.9 Å². The molecule has 0 saturated heterocycles. The Morgan fingerprint density at radius 2 is 1.58 bits per heavy atom. The molecule has 0 heterocycles. The molecule has 0 radical (unpaired) electrons. The van der Waals surface area contributed by atoms with Crippen molar-refractivity contribution in [3.05, 3.63) is 24.3 Å². The van der Waals surface area contributed by atoms with Crippen LogP contribution in [0, 0.1) is 0 Å². The molecule has 0 aromatic heterocycles. The lowest BCUT2D eigenvalue weighted by molar-refractivity contribution is 0.216. The lowest BCUT2D eigenvalue weighted by Crippen LogP contribution is -2.09. The molecule has 0 aliphatic rings. The lowest BCUT2D eigenvalue weighted by Gasteiger charge is -2.13. The van der Waals surface area contributed by atoms with Crippen LogP contribution in [0.2, 0.25) is 0 Å². The van der Waals surface area contributed by atoms with Gasteiger partial charge in [0.2, 0.25) is 0 Å². The monoisotopic (exact) mass is 268 g/mol. The molecule has 2 heteroatoms. The molecule has 1 rings (SSSR count). The molecule has 1 aromatic rings. The number of benzene rings is 1. The molecule has 0 bridgehead atoms. The van der Waals surface area contributed by atoms with Gasteiger partial charge in [-0.2, -0.15) is 0 Å². The predicted molar refractivity (Wildman–Crippen MR) is 85.3 cm³/mol. The summed E-state index contributed by atoms with van der Waals surface area (Å²) in [5, 5.41) is 0. The van der Waals surface area contributed by atoms with Crippen LogP contribution in [-0.2, 0) is 0 Å². The number of hydrogen-bond donors (Lipinski definition) is 0. The van der Waals surface area contributed by atoms with E-state index >= 15 is 0 Å². The van der Waals surface area contributed by atoms with Crippen molar-refractivity contribution in [1.82, 2.24) is 0 Å². The summed E-state index contributed by atoms with van der Waals surface area (Å²) < 4.78 is 11.2. The van der Waals surface area contributed by atoms with Gasteiger partial charge in [-0.25, -0.2) is 0 Å². The summed E-state index contributed by atoms with van der Waals surface area (Å²) in [6.45, 7) is 15.0. The normalized spacial score (nSPS) is 10.3. The number of rotatable bonds is 6. The van der Waals surface area contributed by atoms with Crippen molar-refractivity contribution in [2.75, 3.05) is 6.61 Å². The third-order valence-corrected chi connectivity index (χ3v) is 2.19. The zero-order chi connectivity index (χ0) is 15.1. The Morgan fingerprint density at radius 3 is 2.11 bits per heavy atom. The van der Waals surface area contributed by atoms with Crippen LogP contribution in [0.1, 0.15) is 61.3 Å². The van der Waals surface area contributed by atoms with Crippen LogP contribution in [-0.4, -0.2) is 12.7 Å². The van der Waals surface area contributed by atoms with Gasteiger partial charge in [0.1, 0.15) is 11.5 Å². The summed E-state index contributed by atoms with van der Waals surface area (Å²) in [7, 11) is 0. The van der Waals surface area contributed by atoms with Crippen molar-refractivity contribution in [2.45, 2.75) is 67.4 Å². The van der Waals surface area contributed by atoms with Gasteiger partial charge in [0.05, 0.1) is 12.7 Å². The Kier molecular flexibility index (Phi) is 15.8. The summed E-state index contributed by atoms with van der Waals surface area (Å²) in [6, 6.07) is 7.83. The first kappa shape index (κ1) is 20.1. The smallest absolute Gasteiger partial charge is 0.123 e. The van der Waals surface area contributed by atoms with Crippen LogP contribution in [0.3, 0.4) is 0 Å². The fourth-order valence-electron chi connectivity index (χ4n) is 1.17. The quantitative estimate of drug-likeness (QED) is 0.658. The maximum atomic E-state index is 5.70. The summed E-state index contributed by atoms with van der Waals surface area (Å²) >= 11 is 0. The molecule has 0 aliphatic carbocycles. The van der Waals surface area contributed by atoms with Gasteiger partial charge in [-0.05, 0) is 31.9 Å². The SMILES string of the molecule is CC.CC.CCCOc1cccc(OC(C)CC)c1. The Hall–Kier alpha value is -1.18. The summed E-state index contributed by atoms with van der Waals surface area (Å²) in [4.78, 5) is 0. The summed E-state index contributed by atoms with van der Waals surface area (Å²) in [6.07, 6.45) is 2.29. The number of hydrogen-bond acceptors (Lipinski definition) is 2. The van der Waals surface area contributed by atoms with Crippen molar-refractivity contribution in [1.29, 1.82) is 0 Å². The van der Waals surface area contributed by atoms with E-state index in [9.17, 15) is 0 Å². The summed E-state index contributed by atoms with van der Waals surface area (Å²) in [5.41, 5.74) is 0. The van der Waals surface area contributed by atoms with Gasteiger partial charge in [-0.15, -0.1) is 0 Å². The highest BCUT2D eigenvalue weighted by Crippen LogP contribution is 2.20. The van der Waals surface area contributed by atoms with E-state index in [1.807, 2.05) is 52.0 Å². The molecule has 0 fully saturated rings. The average Bonchev–Trinajstić information content (AvgIpc) is 2.49. The van der Waals surface area contributed by atoms with E-state index in [1.165, 1.54) is 0 Å². The molecule has 1 aromatic carbocycles. The highest BCUT2D eigenvalue weighted by Gasteiger charge is 2.02. The first-order valence-corrected chi connectivity index (χ1v) is 7.65. The van der Waals surface area contributed by atoms with Crippen LogP contribution >= 0.6 is 0 Å². The Bertz CT molecular complexity index is 284. The van der Waals surface area contributed by atoms with Gasteiger partial charge in [0, 0.05) is 6.07 Å². The van der Waals surface area contributed by atoms with Crippen LogP contribution in [0.5, 0.6) is 11.5 Å². The van der Waals surface area contributed by atoms with Gasteiger partial charge >= 0.3 is 0 Å². The van der Waals surface area contributed by atoms with Crippen molar-refractivity contribution in [2.24, 2.45) is 0 Å². The van der Waals surface area contributed by atoms with Crippen molar-refractivity contribution >= 4 is 0 Å². The largest absolute Gasteiger partial charge is 0.493 e. The van der Waals surface area contributed by atoms with Crippen LogP contribution in [0.4, 0.5) is 0 Å². The minimum absolute atomic E-state index is 0.256. The molecule has 0 saturated carbocycles. The van der Waals surface area contributed by atoms with E-state index in [2.05, 4.69) is 20.8 Å². The second kappa shape index (κ2) is 14.9. The molecular weight excluding hydrogens is 236 g/mol. The summed E-state index contributed by atoms with van der Waals surface area (Å²) in [5.74, 6) is 1.77. The van der Waals surface area contributed by atoms with Crippen molar-refractivity contribution in [3.63, 3.8) is 0 Å². The standard InChI is InChI=1S/C13H20O2.2C2H6/c1-4-9-14-12-7-6-8-13(10-12)15-11(3)5-2;2*1-2/h6-8,10-11H,4-5,9H2,1-3H3;2*1-2H3. The maximum absolute atomic E-state index is 5.70. The zero-order valence-corrected chi connectivity index (χ0v) is 13.8. The van der Waals surface area contributed by atoms with E-state index < -0.39 is 0 Å². The molecule has 2 nitrogen and oxygen atoms in total. The molecule has 1 unspecified atom stereocenters. The second-order valence-electron chi connectivity index (χ2n) is 3.66. The topological polar surface area (TPSA) is 18.5 Å². The first-order valence-electron chi connectivity index (χ1n) is 7.65. The first-order chi connectivity index (χ1) is 9.26. The van der Waals surface area contributed by atoms with Crippen LogP contribution < -0.4 is 9.47 Å². The van der Waals surface area contributed by atoms with Gasteiger partial charge in [0.25, 0.3) is 0 Å². The third kappa shape index (κ3) is 10.4. The third-order valence-electron chi connectivity index (χ3n) is 2.19. The number of ether oxygens (including phenoxy) is 2. The Morgan fingerprint density at radius 1 is 1.00 bits per heavy atom. The fraction of sp³-hybridized carbons (Fsp3) is 0.647. The fourth-order valence-corrected chi connectivity index (χ4v) is 1.17. The van der Waals surface area contributed by atoms with Crippen LogP contribution in [0.25, 0.3) is 0 Å². The molecular formula is C17H32O2. The van der Waals surface area contributed by atoms with Gasteiger partial charge < -0.3 is 9.47 Å². The van der Waals surface area contributed by atoms with Crippen molar-refractivity contribution < 1.29 is 9.47 Å².